The predicted molar refractivity (Wildman–Crippen MR) is 79.7 cm³/mol. The van der Waals surface area contributed by atoms with E-state index in [0.717, 1.165) is 25.8 Å². The number of fused-ring (bicyclic) bond motifs is 1. The number of halogens is 1. The van der Waals surface area contributed by atoms with Crippen LogP contribution in [0, 0.1) is 5.82 Å². The molecule has 1 aromatic heterocycles. The molecule has 1 aliphatic heterocycles. The van der Waals surface area contributed by atoms with Crippen LogP contribution in [-0.2, 0) is 6.54 Å². The highest BCUT2D eigenvalue weighted by molar-refractivity contribution is 5.78. The van der Waals surface area contributed by atoms with Gasteiger partial charge in [0.15, 0.2) is 5.43 Å². The third kappa shape index (κ3) is 2.84. The minimum atomic E-state index is -0.413. The van der Waals surface area contributed by atoms with Crippen molar-refractivity contribution >= 4 is 10.9 Å². The molecule has 5 heteroatoms. The smallest absolute Gasteiger partial charge is 0.189 e. The second kappa shape index (κ2) is 5.95. The molecule has 0 saturated carbocycles. The van der Waals surface area contributed by atoms with Crippen LogP contribution in [0.1, 0.15) is 25.0 Å². The van der Waals surface area contributed by atoms with E-state index in [1.54, 1.807) is 12.1 Å². The lowest BCUT2D eigenvalue weighted by Gasteiger charge is -2.34. The summed E-state index contributed by atoms with van der Waals surface area (Å²) in [6.07, 6.45) is 3.16. The highest BCUT2D eigenvalue weighted by atomic mass is 19.1. The van der Waals surface area contributed by atoms with Gasteiger partial charge in [-0.2, -0.15) is 0 Å². The van der Waals surface area contributed by atoms with E-state index < -0.39 is 5.82 Å². The number of hydrogen-bond acceptors (Lipinski definition) is 3. The number of aliphatic hydroxyl groups excluding tert-OH is 1. The number of piperidine rings is 1. The van der Waals surface area contributed by atoms with Crippen LogP contribution < -0.4 is 5.43 Å². The van der Waals surface area contributed by atoms with Gasteiger partial charge in [-0.15, -0.1) is 0 Å². The Morgan fingerprint density at radius 3 is 3.05 bits per heavy atom. The fourth-order valence-corrected chi connectivity index (χ4v) is 3.07. The Kier molecular flexibility index (Phi) is 4.03. The lowest BCUT2D eigenvalue weighted by molar-refractivity contribution is 0.0831. The summed E-state index contributed by atoms with van der Waals surface area (Å²) in [5.74, 6) is -0.413. The van der Waals surface area contributed by atoms with E-state index in [-0.39, 0.29) is 23.6 Å². The molecule has 1 aromatic carbocycles. The monoisotopic (exact) mass is 290 g/mol. The molecular weight excluding hydrogens is 271 g/mol. The fourth-order valence-electron chi connectivity index (χ4n) is 3.07. The molecular formula is C16H19FN2O2. The molecule has 2 aromatic rings. The van der Waals surface area contributed by atoms with Crippen molar-refractivity contribution in [3.8, 4) is 0 Å². The lowest BCUT2D eigenvalue weighted by Crippen LogP contribution is -2.41. The number of rotatable bonds is 3. The highest BCUT2D eigenvalue weighted by Gasteiger charge is 2.22. The predicted octanol–water partition coefficient (Wildman–Crippen LogP) is 2.01. The van der Waals surface area contributed by atoms with Crippen molar-refractivity contribution in [1.29, 1.82) is 0 Å². The van der Waals surface area contributed by atoms with E-state index in [2.05, 4.69) is 9.88 Å². The first-order valence-corrected chi connectivity index (χ1v) is 7.34. The summed E-state index contributed by atoms with van der Waals surface area (Å²) in [5.41, 5.74) is 0.784. The summed E-state index contributed by atoms with van der Waals surface area (Å²) < 4.78 is 13.8. The van der Waals surface area contributed by atoms with Crippen molar-refractivity contribution < 1.29 is 9.50 Å². The molecule has 0 unspecified atom stereocenters. The van der Waals surface area contributed by atoms with E-state index in [1.165, 1.54) is 12.1 Å². The number of hydrogen-bond donors (Lipinski definition) is 2. The molecule has 3 rings (SSSR count). The van der Waals surface area contributed by atoms with Gasteiger partial charge in [0.05, 0.1) is 12.1 Å². The van der Waals surface area contributed by atoms with E-state index in [9.17, 15) is 14.3 Å². The first kappa shape index (κ1) is 14.2. The molecule has 2 heterocycles. The minimum absolute atomic E-state index is 0.117. The van der Waals surface area contributed by atoms with Crippen molar-refractivity contribution in [3.63, 3.8) is 0 Å². The van der Waals surface area contributed by atoms with Crippen LogP contribution in [0.5, 0.6) is 0 Å². The zero-order valence-corrected chi connectivity index (χ0v) is 11.8. The number of likely N-dealkylation sites (tertiary alicyclic amines) is 1. The number of pyridine rings is 1. The molecule has 0 spiro atoms. The number of para-hydroxylation sites is 1. The third-order valence-corrected chi connectivity index (χ3v) is 4.20. The average Bonchev–Trinajstić information content (AvgIpc) is 2.49. The molecule has 0 amide bonds. The highest BCUT2D eigenvalue weighted by Crippen LogP contribution is 2.19. The second-order valence-corrected chi connectivity index (χ2v) is 5.62. The first-order chi connectivity index (χ1) is 10.2. The summed E-state index contributed by atoms with van der Waals surface area (Å²) >= 11 is 0. The van der Waals surface area contributed by atoms with E-state index >= 15 is 0 Å². The SMILES string of the molecule is O=c1cc(CN2CCCC[C@@H]2CO)[nH]c2c(F)cccc12. The molecule has 0 aliphatic carbocycles. The number of aromatic nitrogens is 1. The Labute approximate surface area is 122 Å². The molecule has 112 valence electrons. The topological polar surface area (TPSA) is 56.3 Å². The molecule has 4 nitrogen and oxygen atoms in total. The van der Waals surface area contributed by atoms with Crippen LogP contribution in [-0.4, -0.2) is 34.2 Å². The summed E-state index contributed by atoms with van der Waals surface area (Å²) in [4.78, 5) is 17.3. The number of benzene rings is 1. The van der Waals surface area contributed by atoms with Crippen LogP contribution in [0.25, 0.3) is 10.9 Å². The zero-order chi connectivity index (χ0) is 14.8. The maximum absolute atomic E-state index is 13.8. The Morgan fingerprint density at radius 2 is 2.24 bits per heavy atom. The maximum atomic E-state index is 13.8. The van der Waals surface area contributed by atoms with Crippen LogP contribution in [0.15, 0.2) is 29.1 Å². The van der Waals surface area contributed by atoms with Crippen molar-refractivity contribution in [2.75, 3.05) is 13.2 Å². The van der Waals surface area contributed by atoms with Crippen molar-refractivity contribution in [3.05, 3.63) is 46.0 Å². The Morgan fingerprint density at radius 1 is 1.38 bits per heavy atom. The Hall–Kier alpha value is -1.72. The standard InChI is InChI=1S/C16H19FN2O2/c17-14-6-3-5-13-15(21)8-11(18-16(13)14)9-19-7-2-1-4-12(19)10-20/h3,5-6,8,12,20H,1-2,4,7,9-10H2,(H,18,21)/t12-/m1/s1. The third-order valence-electron chi connectivity index (χ3n) is 4.20. The summed E-state index contributed by atoms with van der Waals surface area (Å²) in [7, 11) is 0. The number of nitrogens with one attached hydrogen (secondary N) is 1. The van der Waals surface area contributed by atoms with E-state index in [4.69, 9.17) is 0 Å². The van der Waals surface area contributed by atoms with Crippen LogP contribution in [0.3, 0.4) is 0 Å². The van der Waals surface area contributed by atoms with Gasteiger partial charge in [0, 0.05) is 29.7 Å². The first-order valence-electron chi connectivity index (χ1n) is 7.34. The second-order valence-electron chi connectivity index (χ2n) is 5.62. The minimum Gasteiger partial charge on any atom is -0.395 e. The van der Waals surface area contributed by atoms with Crippen molar-refractivity contribution in [2.45, 2.75) is 31.8 Å². The molecule has 1 atom stereocenters. The van der Waals surface area contributed by atoms with E-state index in [1.807, 2.05) is 0 Å². The molecule has 0 bridgehead atoms. The molecule has 0 radical (unpaired) electrons. The molecule has 1 fully saturated rings. The maximum Gasteiger partial charge on any atom is 0.189 e. The van der Waals surface area contributed by atoms with E-state index in [0.29, 0.717) is 17.6 Å². The quantitative estimate of drug-likeness (QED) is 0.909. The van der Waals surface area contributed by atoms with Crippen molar-refractivity contribution in [2.24, 2.45) is 0 Å². The van der Waals surface area contributed by atoms with Crippen LogP contribution in [0.2, 0.25) is 0 Å². The van der Waals surface area contributed by atoms with Gasteiger partial charge in [-0.1, -0.05) is 12.5 Å². The molecule has 2 N–H and O–H groups in total. The summed E-state index contributed by atoms with van der Waals surface area (Å²) in [6.45, 7) is 1.54. The zero-order valence-electron chi connectivity index (χ0n) is 11.8. The summed E-state index contributed by atoms with van der Waals surface area (Å²) in [6, 6.07) is 6.17. The average molecular weight is 290 g/mol. The number of aliphatic hydroxyl groups is 1. The Bertz CT molecular complexity index is 698. The van der Waals surface area contributed by atoms with Gasteiger partial charge in [0.2, 0.25) is 0 Å². The van der Waals surface area contributed by atoms with Gasteiger partial charge >= 0.3 is 0 Å². The molecule has 1 saturated heterocycles. The summed E-state index contributed by atoms with van der Waals surface area (Å²) in [5, 5.41) is 9.81. The van der Waals surface area contributed by atoms with Crippen molar-refractivity contribution in [1.82, 2.24) is 9.88 Å². The van der Waals surface area contributed by atoms with Gasteiger partial charge < -0.3 is 10.1 Å². The largest absolute Gasteiger partial charge is 0.395 e. The van der Waals surface area contributed by atoms with Gasteiger partial charge in [-0.05, 0) is 31.5 Å². The number of aromatic amines is 1. The fraction of sp³-hybridized carbons (Fsp3) is 0.438. The molecule has 21 heavy (non-hydrogen) atoms. The Balaban J connectivity index is 1.94. The molecule has 1 aliphatic rings. The normalized spacial score (nSPS) is 20.0. The number of nitrogens with zero attached hydrogens (tertiary/aromatic N) is 1. The van der Waals surface area contributed by atoms with Gasteiger partial charge in [0.25, 0.3) is 0 Å². The lowest BCUT2D eigenvalue weighted by atomic mass is 10.0. The van der Waals surface area contributed by atoms with Gasteiger partial charge in [0.1, 0.15) is 5.82 Å². The van der Waals surface area contributed by atoms with Crippen LogP contribution in [0.4, 0.5) is 4.39 Å². The van der Waals surface area contributed by atoms with Gasteiger partial charge in [-0.25, -0.2) is 4.39 Å². The van der Waals surface area contributed by atoms with Gasteiger partial charge in [-0.3, -0.25) is 9.69 Å². The van der Waals surface area contributed by atoms with Crippen LogP contribution >= 0.6 is 0 Å². The number of H-pyrrole nitrogens is 1.